The third-order valence-corrected chi connectivity index (χ3v) is 4.87. The van der Waals surface area contributed by atoms with Gasteiger partial charge in [-0.05, 0) is 25.5 Å². The number of carbonyl (C=O) groups excluding carboxylic acids is 1. The Morgan fingerprint density at radius 1 is 1.30 bits per heavy atom. The highest BCUT2D eigenvalue weighted by molar-refractivity contribution is 5.81. The van der Waals surface area contributed by atoms with Gasteiger partial charge < -0.3 is 10.1 Å². The first kappa shape index (κ1) is 17.3. The quantitative estimate of drug-likeness (QED) is 0.776. The van der Waals surface area contributed by atoms with E-state index in [1.165, 1.54) is 4.68 Å². The molecule has 1 aliphatic heterocycles. The van der Waals surface area contributed by atoms with Crippen LogP contribution in [-0.2, 0) is 11.3 Å². The van der Waals surface area contributed by atoms with E-state index in [0.717, 1.165) is 27.8 Å². The number of amides is 1. The molecule has 0 spiro atoms. The molecule has 0 bridgehead atoms. The van der Waals surface area contributed by atoms with Gasteiger partial charge in [0.1, 0.15) is 12.3 Å². The lowest BCUT2D eigenvalue weighted by Gasteiger charge is -2.28. The normalized spacial score (nSPS) is 15.9. The van der Waals surface area contributed by atoms with Gasteiger partial charge in [0.2, 0.25) is 5.91 Å². The van der Waals surface area contributed by atoms with Crippen molar-refractivity contribution in [1.29, 1.82) is 0 Å². The largest absolute Gasteiger partial charge is 0.493 e. The van der Waals surface area contributed by atoms with Crippen LogP contribution in [0.2, 0.25) is 0 Å². The van der Waals surface area contributed by atoms with Gasteiger partial charge in [0.05, 0.1) is 24.2 Å². The van der Waals surface area contributed by atoms with Crippen LogP contribution in [0.25, 0.3) is 10.8 Å². The van der Waals surface area contributed by atoms with Crippen LogP contribution >= 0.6 is 0 Å². The Kier molecular flexibility index (Phi) is 4.39. The molecule has 1 aliphatic rings. The van der Waals surface area contributed by atoms with E-state index in [2.05, 4.69) is 16.5 Å². The van der Waals surface area contributed by atoms with E-state index in [-0.39, 0.29) is 24.1 Å². The van der Waals surface area contributed by atoms with Crippen molar-refractivity contribution >= 4 is 16.7 Å². The van der Waals surface area contributed by atoms with E-state index in [4.69, 9.17) is 4.74 Å². The summed E-state index contributed by atoms with van der Waals surface area (Å²) in [5, 5.41) is 8.49. The molecule has 27 heavy (non-hydrogen) atoms. The monoisotopic (exact) mass is 363 g/mol. The molecule has 0 saturated heterocycles. The topological polar surface area (TPSA) is 73.2 Å². The van der Waals surface area contributed by atoms with Crippen molar-refractivity contribution in [3.63, 3.8) is 0 Å². The molecule has 3 aromatic rings. The lowest BCUT2D eigenvalue weighted by molar-refractivity contribution is -0.122. The maximum atomic E-state index is 12.6. The average molecular weight is 363 g/mol. The molecule has 1 unspecified atom stereocenters. The number of benzene rings is 2. The first-order chi connectivity index (χ1) is 13.0. The molecule has 0 fully saturated rings. The van der Waals surface area contributed by atoms with Crippen molar-refractivity contribution in [3.05, 3.63) is 69.6 Å². The molecule has 0 radical (unpaired) electrons. The van der Waals surface area contributed by atoms with Gasteiger partial charge in [0, 0.05) is 17.4 Å². The van der Waals surface area contributed by atoms with Gasteiger partial charge in [-0.1, -0.05) is 35.9 Å². The minimum Gasteiger partial charge on any atom is -0.493 e. The molecule has 1 amide bonds. The lowest BCUT2D eigenvalue weighted by Crippen LogP contribution is -2.37. The number of rotatable bonds is 3. The first-order valence-corrected chi connectivity index (χ1v) is 9.01. The molecule has 2 heterocycles. The van der Waals surface area contributed by atoms with Crippen LogP contribution in [-0.4, -0.2) is 22.3 Å². The van der Waals surface area contributed by atoms with Gasteiger partial charge >= 0.3 is 0 Å². The predicted octanol–water partition coefficient (Wildman–Crippen LogP) is 2.65. The molecule has 4 rings (SSSR count). The summed E-state index contributed by atoms with van der Waals surface area (Å²) >= 11 is 0. The van der Waals surface area contributed by atoms with Crippen molar-refractivity contribution in [1.82, 2.24) is 15.1 Å². The Morgan fingerprint density at radius 2 is 2.11 bits per heavy atom. The van der Waals surface area contributed by atoms with Crippen molar-refractivity contribution in [3.8, 4) is 5.75 Å². The summed E-state index contributed by atoms with van der Waals surface area (Å²) in [6.07, 6.45) is 2.31. The van der Waals surface area contributed by atoms with Crippen LogP contribution < -0.4 is 15.6 Å². The molecule has 2 aromatic carbocycles. The molecule has 6 nitrogen and oxygen atoms in total. The molecular formula is C21H21N3O3. The van der Waals surface area contributed by atoms with Gasteiger partial charge in [0.15, 0.2) is 0 Å². The van der Waals surface area contributed by atoms with Crippen molar-refractivity contribution < 1.29 is 9.53 Å². The molecule has 6 heteroatoms. The minimum atomic E-state index is -0.262. The standard InChI is InChI=1S/C21H21N3O3/c1-13-9-14(2)20-17(10-13)18(7-8-27-20)23-19(25)12-24-21(26)16-6-4-3-5-15(16)11-22-24/h3-6,9-11,18H,7-8,12H2,1-2H3,(H,23,25). The van der Waals surface area contributed by atoms with Crippen molar-refractivity contribution in [2.24, 2.45) is 0 Å². The van der Waals surface area contributed by atoms with Gasteiger partial charge in [-0.25, -0.2) is 4.68 Å². The van der Waals surface area contributed by atoms with Crippen LogP contribution in [0, 0.1) is 13.8 Å². The number of ether oxygens (including phenoxy) is 1. The molecule has 1 aromatic heterocycles. The Morgan fingerprint density at radius 3 is 2.96 bits per heavy atom. The maximum Gasteiger partial charge on any atom is 0.275 e. The summed E-state index contributed by atoms with van der Waals surface area (Å²) in [6.45, 7) is 4.48. The van der Waals surface area contributed by atoms with Gasteiger partial charge in [-0.2, -0.15) is 5.10 Å². The summed E-state index contributed by atoms with van der Waals surface area (Å²) < 4.78 is 7.00. The molecule has 138 valence electrons. The maximum absolute atomic E-state index is 12.6. The van der Waals surface area contributed by atoms with Crippen LogP contribution in [0.3, 0.4) is 0 Å². The Hall–Kier alpha value is -3.15. The highest BCUT2D eigenvalue weighted by Gasteiger charge is 2.25. The third-order valence-electron chi connectivity index (χ3n) is 4.87. The van der Waals surface area contributed by atoms with E-state index in [0.29, 0.717) is 18.4 Å². The molecular weight excluding hydrogens is 342 g/mol. The summed E-state index contributed by atoms with van der Waals surface area (Å²) in [6, 6.07) is 11.2. The minimum absolute atomic E-state index is 0.110. The Balaban J connectivity index is 1.56. The summed E-state index contributed by atoms with van der Waals surface area (Å²) in [4.78, 5) is 25.1. The van der Waals surface area contributed by atoms with Crippen molar-refractivity contribution in [2.75, 3.05) is 6.61 Å². The first-order valence-electron chi connectivity index (χ1n) is 9.01. The van der Waals surface area contributed by atoms with Crippen LogP contribution in [0.15, 0.2) is 47.4 Å². The molecule has 1 atom stereocenters. The Labute approximate surface area is 156 Å². The van der Waals surface area contributed by atoms with Crippen molar-refractivity contribution in [2.45, 2.75) is 32.9 Å². The number of nitrogens with zero attached hydrogens (tertiary/aromatic N) is 2. The highest BCUT2D eigenvalue weighted by Crippen LogP contribution is 2.35. The molecule has 0 saturated carbocycles. The zero-order valence-corrected chi connectivity index (χ0v) is 15.4. The fourth-order valence-electron chi connectivity index (χ4n) is 3.64. The third kappa shape index (κ3) is 3.30. The second-order valence-electron chi connectivity index (χ2n) is 6.95. The average Bonchev–Trinajstić information content (AvgIpc) is 2.65. The SMILES string of the molecule is Cc1cc(C)c2c(c1)C(NC(=O)Cn1ncc3ccccc3c1=O)CCO2. The van der Waals surface area contributed by atoms with Gasteiger partial charge in [-0.15, -0.1) is 0 Å². The second kappa shape index (κ2) is 6.87. The van der Waals surface area contributed by atoms with E-state index >= 15 is 0 Å². The van der Waals surface area contributed by atoms with Gasteiger partial charge in [-0.3, -0.25) is 9.59 Å². The summed E-state index contributed by atoms with van der Waals surface area (Å²) in [5.74, 6) is 0.607. The lowest BCUT2D eigenvalue weighted by atomic mass is 9.95. The van der Waals surface area contributed by atoms with E-state index < -0.39 is 0 Å². The fourth-order valence-corrected chi connectivity index (χ4v) is 3.64. The molecule has 1 N–H and O–H groups in total. The summed E-state index contributed by atoms with van der Waals surface area (Å²) in [7, 11) is 0. The van der Waals surface area contributed by atoms with Crippen LogP contribution in [0.5, 0.6) is 5.75 Å². The Bertz CT molecular complexity index is 1090. The number of carbonyl (C=O) groups is 1. The fraction of sp³-hybridized carbons (Fsp3) is 0.286. The zero-order chi connectivity index (χ0) is 19.0. The number of aromatic nitrogens is 2. The predicted molar refractivity (Wildman–Crippen MR) is 103 cm³/mol. The number of aryl methyl sites for hydroxylation is 2. The van der Waals surface area contributed by atoms with Crippen LogP contribution in [0.4, 0.5) is 0 Å². The second-order valence-corrected chi connectivity index (χ2v) is 6.95. The summed E-state index contributed by atoms with van der Waals surface area (Å²) in [5.41, 5.74) is 2.92. The van der Waals surface area contributed by atoms with Gasteiger partial charge in [0.25, 0.3) is 5.56 Å². The smallest absolute Gasteiger partial charge is 0.275 e. The van der Waals surface area contributed by atoms with Crippen LogP contribution in [0.1, 0.15) is 29.2 Å². The van der Waals surface area contributed by atoms with E-state index in [1.807, 2.05) is 32.0 Å². The number of hydrogen-bond acceptors (Lipinski definition) is 4. The molecule has 0 aliphatic carbocycles. The highest BCUT2D eigenvalue weighted by atomic mass is 16.5. The number of nitrogens with one attached hydrogen (secondary N) is 1. The number of hydrogen-bond donors (Lipinski definition) is 1. The van der Waals surface area contributed by atoms with E-state index in [1.54, 1.807) is 18.3 Å². The zero-order valence-electron chi connectivity index (χ0n) is 15.4. The van der Waals surface area contributed by atoms with E-state index in [9.17, 15) is 9.59 Å². The number of fused-ring (bicyclic) bond motifs is 2.